The van der Waals surface area contributed by atoms with E-state index < -0.39 is 0 Å². The van der Waals surface area contributed by atoms with E-state index in [4.69, 9.17) is 9.97 Å². The van der Waals surface area contributed by atoms with Crippen molar-refractivity contribution in [2.75, 3.05) is 0 Å². The topological polar surface area (TPSA) is 59.4 Å². The highest BCUT2D eigenvalue weighted by Gasteiger charge is 2.22. The molecule has 5 heteroatoms. The Kier molecular flexibility index (Phi) is 8.81. The Labute approximate surface area is 370 Å². The van der Waals surface area contributed by atoms with E-state index >= 15 is 0 Å². The monoisotopic (exact) mass is 815 g/mol. The lowest BCUT2D eigenvalue weighted by Gasteiger charge is -2.20. The van der Waals surface area contributed by atoms with Crippen LogP contribution in [0, 0.1) is 11.3 Å². The molecule has 5 nitrogen and oxygen atoms in total. The van der Waals surface area contributed by atoms with Gasteiger partial charge < -0.3 is 9.13 Å². The first-order chi connectivity index (χ1) is 31.7. The highest BCUT2D eigenvalue weighted by molar-refractivity contribution is 6.12. The molecule has 0 atom stereocenters. The lowest BCUT2D eigenvalue weighted by atomic mass is 9.97. The van der Waals surface area contributed by atoms with E-state index in [1.165, 1.54) is 10.8 Å². The van der Waals surface area contributed by atoms with Crippen LogP contribution in [0.25, 0.3) is 111 Å². The van der Waals surface area contributed by atoms with Crippen molar-refractivity contribution >= 4 is 43.6 Å². The van der Waals surface area contributed by atoms with Gasteiger partial charge in [0.25, 0.3) is 0 Å². The maximum atomic E-state index is 10.1. The summed E-state index contributed by atoms with van der Waals surface area (Å²) in [6, 6.07) is 81.0. The Morgan fingerprint density at radius 1 is 0.328 bits per heavy atom. The predicted octanol–water partition coefficient (Wildman–Crippen LogP) is 14.9. The molecule has 64 heavy (non-hydrogen) atoms. The molecular weight excluding hydrogens is 779 g/mol. The van der Waals surface area contributed by atoms with Crippen LogP contribution in [0.3, 0.4) is 0 Å². The molecule has 3 aromatic heterocycles. The maximum Gasteiger partial charge on any atom is 0.160 e. The molecule has 0 saturated carbocycles. The van der Waals surface area contributed by atoms with Crippen molar-refractivity contribution in [3.8, 4) is 73.6 Å². The summed E-state index contributed by atoms with van der Waals surface area (Å²) >= 11 is 0. The van der Waals surface area contributed by atoms with Gasteiger partial charge in [-0.15, -0.1) is 0 Å². The van der Waals surface area contributed by atoms with Crippen molar-refractivity contribution in [2.45, 2.75) is 0 Å². The lowest BCUT2D eigenvalue weighted by Crippen LogP contribution is -2.02. The smallest absolute Gasteiger partial charge is 0.160 e. The second-order valence-electron chi connectivity index (χ2n) is 16.1. The molecule has 0 unspecified atom stereocenters. The Hall–Kier alpha value is -8.85. The Balaban J connectivity index is 1.16. The van der Waals surface area contributed by atoms with Gasteiger partial charge in [0.1, 0.15) is 0 Å². The average molecular weight is 816 g/mol. The fourth-order valence-corrected chi connectivity index (χ4v) is 9.48. The molecule has 298 valence electrons. The maximum absolute atomic E-state index is 10.1. The fraction of sp³-hybridized carbons (Fsp3) is 0. The summed E-state index contributed by atoms with van der Waals surface area (Å²) in [5.74, 6) is 0.668. The van der Waals surface area contributed by atoms with E-state index in [9.17, 15) is 5.26 Å². The van der Waals surface area contributed by atoms with Gasteiger partial charge in [-0.25, -0.2) is 9.97 Å². The summed E-state index contributed by atoms with van der Waals surface area (Å²) < 4.78 is 4.81. The minimum absolute atomic E-state index is 0.650. The molecule has 0 saturated heterocycles. The van der Waals surface area contributed by atoms with Crippen LogP contribution in [0.1, 0.15) is 5.56 Å². The molecule has 0 aliphatic carbocycles. The molecule has 3 heterocycles. The molecular formula is C59H37N5. The van der Waals surface area contributed by atoms with Crippen molar-refractivity contribution in [2.24, 2.45) is 0 Å². The van der Waals surface area contributed by atoms with Gasteiger partial charge in [-0.1, -0.05) is 170 Å². The van der Waals surface area contributed by atoms with E-state index in [2.05, 4.69) is 179 Å². The highest BCUT2D eigenvalue weighted by atomic mass is 15.0. The van der Waals surface area contributed by atoms with Crippen molar-refractivity contribution in [1.29, 1.82) is 5.26 Å². The summed E-state index contributed by atoms with van der Waals surface area (Å²) in [4.78, 5) is 10.4. The number of aromatic nitrogens is 4. The standard InChI is InChI=1S/C59H37N5/c60-38-43-21-7-8-22-44(43)41-32-34-57-50(35-41)48-26-12-16-30-56(48)64(57)58-36-42(52-37-51(39-17-3-1-4-18-39)61-59(62-52)40-19-5-2-6-20-40)31-33-49(58)47-25-11-15-29-55(47)63-53-27-13-9-23-45(53)46-24-10-14-28-54(46)63/h1-37H. The molecule has 12 aromatic rings. The van der Waals surface area contributed by atoms with Crippen LogP contribution < -0.4 is 0 Å². The van der Waals surface area contributed by atoms with Crippen molar-refractivity contribution in [1.82, 2.24) is 19.1 Å². The Morgan fingerprint density at radius 2 is 0.812 bits per heavy atom. The van der Waals surface area contributed by atoms with Crippen LogP contribution >= 0.6 is 0 Å². The van der Waals surface area contributed by atoms with Gasteiger partial charge in [0.05, 0.1) is 56.5 Å². The molecule has 0 N–H and O–H groups in total. The number of para-hydroxylation sites is 4. The number of rotatable bonds is 7. The van der Waals surface area contributed by atoms with Gasteiger partial charge in [-0.3, -0.25) is 0 Å². The lowest BCUT2D eigenvalue weighted by molar-refractivity contribution is 1.15. The van der Waals surface area contributed by atoms with E-state index in [1.54, 1.807) is 0 Å². The number of nitriles is 1. The first kappa shape index (κ1) is 37.0. The quantitative estimate of drug-likeness (QED) is 0.161. The molecule has 0 aliphatic heterocycles. The second-order valence-corrected chi connectivity index (χ2v) is 16.1. The number of nitrogens with zero attached hydrogens (tertiary/aromatic N) is 5. The molecule has 0 radical (unpaired) electrons. The Bertz CT molecular complexity index is 3690. The molecule has 0 spiro atoms. The summed E-state index contributed by atoms with van der Waals surface area (Å²) in [5.41, 5.74) is 15.9. The average Bonchev–Trinajstić information content (AvgIpc) is 3.89. The van der Waals surface area contributed by atoms with E-state index in [0.717, 1.165) is 94.5 Å². The number of hydrogen-bond acceptors (Lipinski definition) is 3. The van der Waals surface area contributed by atoms with Crippen LogP contribution in [0.15, 0.2) is 224 Å². The molecule has 12 rings (SSSR count). The third kappa shape index (κ3) is 6.08. The first-order valence-electron chi connectivity index (χ1n) is 21.5. The normalized spacial score (nSPS) is 11.4. The van der Waals surface area contributed by atoms with Gasteiger partial charge >= 0.3 is 0 Å². The van der Waals surface area contributed by atoms with Gasteiger partial charge in [-0.2, -0.15) is 5.26 Å². The number of fused-ring (bicyclic) bond motifs is 6. The first-order valence-corrected chi connectivity index (χ1v) is 21.5. The summed E-state index contributed by atoms with van der Waals surface area (Å²) in [6.45, 7) is 0. The SMILES string of the molecule is N#Cc1ccccc1-c1ccc2c(c1)c1ccccc1n2-c1cc(-c2cc(-c3ccccc3)nc(-c3ccccc3)n2)ccc1-c1ccccc1-n1c2ccccc2c2ccccc21. The van der Waals surface area contributed by atoms with Crippen molar-refractivity contribution in [3.05, 3.63) is 230 Å². The van der Waals surface area contributed by atoms with Crippen LogP contribution in [-0.2, 0) is 0 Å². The second kappa shape index (κ2) is 15.3. The Morgan fingerprint density at radius 3 is 1.48 bits per heavy atom. The zero-order valence-electron chi connectivity index (χ0n) is 34.6. The molecule has 0 aliphatic rings. The van der Waals surface area contributed by atoms with Gasteiger partial charge in [0.15, 0.2) is 5.82 Å². The zero-order chi connectivity index (χ0) is 42.6. The summed E-state index contributed by atoms with van der Waals surface area (Å²) in [5, 5.41) is 14.7. The minimum Gasteiger partial charge on any atom is -0.309 e. The highest BCUT2D eigenvalue weighted by Crippen LogP contribution is 2.43. The molecule has 0 amide bonds. The van der Waals surface area contributed by atoms with Crippen molar-refractivity contribution < 1.29 is 0 Å². The van der Waals surface area contributed by atoms with Crippen LogP contribution in [0.2, 0.25) is 0 Å². The van der Waals surface area contributed by atoms with Gasteiger partial charge in [0.2, 0.25) is 0 Å². The summed E-state index contributed by atoms with van der Waals surface area (Å²) in [7, 11) is 0. The van der Waals surface area contributed by atoms with Crippen LogP contribution in [-0.4, -0.2) is 19.1 Å². The van der Waals surface area contributed by atoms with Gasteiger partial charge in [0, 0.05) is 49.4 Å². The van der Waals surface area contributed by atoms with E-state index in [-0.39, 0.29) is 0 Å². The van der Waals surface area contributed by atoms with E-state index in [1.807, 2.05) is 60.7 Å². The minimum atomic E-state index is 0.650. The zero-order valence-corrected chi connectivity index (χ0v) is 34.6. The molecule has 0 fully saturated rings. The van der Waals surface area contributed by atoms with Gasteiger partial charge in [-0.05, 0) is 65.7 Å². The molecule has 0 bridgehead atoms. The number of hydrogen-bond donors (Lipinski definition) is 0. The summed E-state index contributed by atoms with van der Waals surface area (Å²) in [6.07, 6.45) is 0. The third-order valence-electron chi connectivity index (χ3n) is 12.4. The van der Waals surface area contributed by atoms with E-state index in [0.29, 0.717) is 11.4 Å². The van der Waals surface area contributed by atoms with Crippen LogP contribution in [0.5, 0.6) is 0 Å². The largest absolute Gasteiger partial charge is 0.309 e. The third-order valence-corrected chi connectivity index (χ3v) is 12.4. The number of benzene rings is 9. The van der Waals surface area contributed by atoms with Crippen LogP contribution in [0.4, 0.5) is 0 Å². The van der Waals surface area contributed by atoms with Crippen molar-refractivity contribution in [3.63, 3.8) is 0 Å². The predicted molar refractivity (Wildman–Crippen MR) is 263 cm³/mol. The fourth-order valence-electron chi connectivity index (χ4n) is 9.48. The molecule has 9 aromatic carbocycles.